The topological polar surface area (TPSA) is 9.23 Å². The van der Waals surface area contributed by atoms with Crippen LogP contribution >= 0.6 is 7.26 Å². The van der Waals surface area contributed by atoms with E-state index < -0.39 is 18.9 Å². The first-order valence-electron chi connectivity index (χ1n) is 11.8. The lowest BCUT2D eigenvalue weighted by Crippen LogP contribution is -2.29. The molecular formula is C33H24F2OP+. The van der Waals surface area contributed by atoms with E-state index in [4.69, 9.17) is 4.74 Å². The van der Waals surface area contributed by atoms with Crippen molar-refractivity contribution in [2.45, 2.75) is 0 Å². The van der Waals surface area contributed by atoms with E-state index in [9.17, 15) is 4.39 Å². The van der Waals surface area contributed by atoms with Gasteiger partial charge in [-0.3, -0.25) is 0 Å². The molecular weight excluding hydrogens is 481 g/mol. The second-order valence-electron chi connectivity index (χ2n) is 8.46. The van der Waals surface area contributed by atoms with Crippen LogP contribution in [-0.4, -0.2) is 7.11 Å². The first-order valence-corrected chi connectivity index (χ1v) is 13.6. The molecule has 0 aliphatic rings. The summed E-state index contributed by atoms with van der Waals surface area (Å²) in [6.45, 7) is 0. The molecule has 0 radical (unpaired) electrons. The Labute approximate surface area is 216 Å². The summed E-state index contributed by atoms with van der Waals surface area (Å²) in [5.41, 5.74) is 4.70. The van der Waals surface area contributed by atoms with Crippen LogP contribution < -0.4 is 20.7 Å². The third-order valence-electron chi connectivity index (χ3n) is 6.20. The molecule has 5 rings (SSSR count). The van der Waals surface area contributed by atoms with Crippen molar-refractivity contribution in [1.82, 2.24) is 0 Å². The molecule has 0 amide bonds. The largest absolute Gasteiger partial charge is 0.497 e. The number of methoxy groups -OCH3 is 1. The van der Waals surface area contributed by atoms with Crippen LogP contribution in [0, 0.1) is 23.2 Å². The minimum absolute atomic E-state index is 0.250. The molecule has 0 aliphatic heterocycles. The van der Waals surface area contributed by atoms with Gasteiger partial charge in [-0.2, -0.15) is 0 Å². The molecule has 180 valence electrons. The predicted octanol–water partition coefficient (Wildman–Crippen LogP) is 6.94. The lowest BCUT2D eigenvalue weighted by molar-refractivity contribution is 0.415. The molecule has 0 bridgehead atoms. The van der Waals surface area contributed by atoms with Crippen LogP contribution in [0.15, 0.2) is 127 Å². The van der Waals surface area contributed by atoms with Gasteiger partial charge in [0.25, 0.3) is 0 Å². The molecule has 0 saturated heterocycles. The van der Waals surface area contributed by atoms with Gasteiger partial charge in [0.05, 0.1) is 12.8 Å². The SMILES string of the molecule is COc1cccc(-c2c(F)cc(F)cc2C#C[P+](c2ccccc2)(c2ccccc2)c2ccccc2)c1. The van der Waals surface area contributed by atoms with Crippen molar-refractivity contribution < 1.29 is 13.5 Å². The summed E-state index contributed by atoms with van der Waals surface area (Å²) in [7, 11) is -0.952. The third-order valence-corrected chi connectivity index (χ3v) is 9.87. The summed E-state index contributed by atoms with van der Waals surface area (Å²) >= 11 is 0. The van der Waals surface area contributed by atoms with E-state index in [1.165, 1.54) is 6.07 Å². The van der Waals surface area contributed by atoms with Crippen LogP contribution in [0.25, 0.3) is 11.1 Å². The highest BCUT2D eigenvalue weighted by Crippen LogP contribution is 2.54. The molecule has 0 spiro atoms. The van der Waals surface area contributed by atoms with E-state index in [1.54, 1.807) is 31.4 Å². The highest BCUT2D eigenvalue weighted by atomic mass is 31.2. The summed E-state index contributed by atoms with van der Waals surface area (Å²) < 4.78 is 35.2. The van der Waals surface area contributed by atoms with Crippen molar-refractivity contribution in [1.29, 1.82) is 0 Å². The Morgan fingerprint density at radius 1 is 0.622 bits per heavy atom. The minimum Gasteiger partial charge on any atom is -0.497 e. The zero-order chi connectivity index (χ0) is 25.7. The van der Waals surface area contributed by atoms with Crippen molar-refractivity contribution in [2.24, 2.45) is 0 Å². The molecule has 4 heteroatoms. The molecule has 37 heavy (non-hydrogen) atoms. The molecule has 5 aromatic carbocycles. The lowest BCUT2D eigenvalue weighted by Gasteiger charge is -2.21. The smallest absolute Gasteiger partial charge is 0.189 e. The quantitative estimate of drug-likeness (QED) is 0.186. The molecule has 0 heterocycles. The fraction of sp³-hybridized carbons (Fsp3) is 0.0303. The number of hydrogen-bond donors (Lipinski definition) is 0. The van der Waals surface area contributed by atoms with Crippen LogP contribution in [-0.2, 0) is 0 Å². The van der Waals surface area contributed by atoms with Crippen LogP contribution in [0.4, 0.5) is 8.78 Å². The molecule has 1 nitrogen and oxygen atoms in total. The first kappa shape index (κ1) is 24.4. The van der Waals surface area contributed by atoms with Crippen molar-refractivity contribution in [3.8, 4) is 28.5 Å². The van der Waals surface area contributed by atoms with Gasteiger partial charge in [-0.15, -0.1) is 0 Å². The van der Waals surface area contributed by atoms with Crippen molar-refractivity contribution >= 4 is 23.2 Å². The Bertz CT molecular complexity index is 1480. The van der Waals surface area contributed by atoms with E-state index in [-0.39, 0.29) is 11.1 Å². The second kappa shape index (κ2) is 10.8. The highest BCUT2D eigenvalue weighted by Gasteiger charge is 2.44. The monoisotopic (exact) mass is 505 g/mol. The van der Waals surface area contributed by atoms with E-state index in [0.29, 0.717) is 11.3 Å². The molecule has 0 fully saturated rings. The zero-order valence-corrected chi connectivity index (χ0v) is 21.1. The lowest BCUT2D eigenvalue weighted by atomic mass is 9.99. The predicted molar refractivity (Wildman–Crippen MR) is 150 cm³/mol. The van der Waals surface area contributed by atoms with Crippen LogP contribution in [0.3, 0.4) is 0 Å². The van der Waals surface area contributed by atoms with Crippen molar-refractivity contribution in [2.75, 3.05) is 7.11 Å². The maximum atomic E-state index is 15.3. The second-order valence-corrected chi connectivity index (χ2v) is 11.6. The van der Waals surface area contributed by atoms with Gasteiger partial charge >= 0.3 is 0 Å². The molecule has 0 aromatic heterocycles. The molecule has 0 atom stereocenters. The summed E-state index contributed by atoms with van der Waals surface area (Å²) in [5.74, 6) is 2.49. The normalized spacial score (nSPS) is 10.9. The van der Waals surface area contributed by atoms with Crippen molar-refractivity contribution in [3.63, 3.8) is 0 Å². The van der Waals surface area contributed by atoms with Gasteiger partial charge in [-0.1, -0.05) is 66.7 Å². The molecule has 0 saturated carbocycles. The average Bonchev–Trinajstić information content (AvgIpc) is 2.95. The van der Waals surface area contributed by atoms with Crippen LogP contribution in [0.1, 0.15) is 5.56 Å². The fourth-order valence-electron chi connectivity index (χ4n) is 4.48. The molecule has 0 N–H and O–H groups in total. The summed E-state index contributed by atoms with van der Waals surface area (Å²) in [4.78, 5) is 0. The van der Waals surface area contributed by atoms with Gasteiger partial charge in [-0.25, -0.2) is 8.78 Å². The summed E-state index contributed by atoms with van der Waals surface area (Å²) in [6, 6.07) is 39.7. The Balaban J connectivity index is 1.81. The number of rotatable bonds is 5. The number of hydrogen-bond acceptors (Lipinski definition) is 1. The first-order chi connectivity index (χ1) is 18.1. The summed E-state index contributed by atoms with van der Waals surface area (Å²) in [5, 5.41) is 3.21. The van der Waals surface area contributed by atoms with Gasteiger partial charge in [0.1, 0.15) is 33.3 Å². The number of ether oxygens (including phenoxy) is 1. The number of halogens is 2. The van der Waals surface area contributed by atoms with E-state index >= 15 is 4.39 Å². The molecule has 0 unspecified atom stereocenters. The van der Waals surface area contributed by atoms with Gasteiger partial charge in [0.15, 0.2) is 7.26 Å². The average molecular weight is 506 g/mol. The maximum Gasteiger partial charge on any atom is 0.189 e. The maximum absolute atomic E-state index is 15.3. The van der Waals surface area contributed by atoms with Gasteiger partial charge < -0.3 is 4.74 Å². The van der Waals surface area contributed by atoms with Crippen LogP contribution in [0.5, 0.6) is 5.75 Å². The van der Waals surface area contributed by atoms with Gasteiger partial charge in [-0.05, 0) is 66.1 Å². The van der Waals surface area contributed by atoms with Gasteiger partial charge in [0, 0.05) is 17.2 Å². The highest BCUT2D eigenvalue weighted by molar-refractivity contribution is 7.99. The zero-order valence-electron chi connectivity index (χ0n) is 20.2. The fourth-order valence-corrected chi connectivity index (χ4v) is 7.91. The van der Waals surface area contributed by atoms with E-state index in [2.05, 4.69) is 48.0 Å². The van der Waals surface area contributed by atoms with Crippen LogP contribution in [0.2, 0.25) is 0 Å². The van der Waals surface area contributed by atoms with E-state index in [0.717, 1.165) is 22.0 Å². The Hall–Kier alpha value is -4.25. The van der Waals surface area contributed by atoms with Crippen molar-refractivity contribution in [3.05, 3.63) is 145 Å². The Morgan fingerprint density at radius 2 is 1.16 bits per heavy atom. The van der Waals surface area contributed by atoms with E-state index in [1.807, 2.05) is 54.6 Å². The molecule has 5 aromatic rings. The number of benzene rings is 5. The Morgan fingerprint density at radius 3 is 1.68 bits per heavy atom. The Kier molecular flexibility index (Phi) is 7.13. The summed E-state index contributed by atoms with van der Waals surface area (Å²) in [6.07, 6.45) is 0. The third kappa shape index (κ3) is 4.90. The molecule has 0 aliphatic carbocycles. The van der Waals surface area contributed by atoms with Gasteiger partial charge in [0.2, 0.25) is 0 Å². The standard InChI is InChI=1S/C33H24F2OP/c1-36-28-13-11-12-25(23-28)33-26(22-27(34)24-32(33)35)20-21-37(29-14-5-2-6-15-29,30-16-7-3-8-17-30)31-18-9-4-10-19-31/h2-19,22-24H,1H3/q+1. The minimum atomic E-state index is -2.51.